The maximum atomic E-state index is 6.22. The molecule has 1 atom stereocenters. The molecule has 0 spiro atoms. The lowest BCUT2D eigenvalue weighted by molar-refractivity contribution is 0.703. The first-order valence-electron chi connectivity index (χ1n) is 6.13. The molecule has 1 aromatic carbocycles. The molecule has 0 radical (unpaired) electrons. The number of nitrogens with one attached hydrogen (secondary N) is 1. The van der Waals surface area contributed by atoms with Gasteiger partial charge in [-0.05, 0) is 35.5 Å². The van der Waals surface area contributed by atoms with Crippen LogP contribution in [0, 0.1) is 0 Å². The van der Waals surface area contributed by atoms with Crippen LogP contribution < -0.4 is 5.32 Å². The number of hydrogen-bond acceptors (Lipinski definition) is 2. The second kappa shape index (κ2) is 5.87. The molecular formula is C15H18ClNS. The molecule has 3 heteroatoms. The Morgan fingerprint density at radius 2 is 1.67 bits per heavy atom. The summed E-state index contributed by atoms with van der Waals surface area (Å²) in [5.74, 6) is 0.567. The Bertz CT molecular complexity index is 501. The molecule has 2 aromatic rings. The van der Waals surface area contributed by atoms with Crippen LogP contribution in [0.3, 0.4) is 0 Å². The van der Waals surface area contributed by atoms with Crippen LogP contribution in [0.1, 0.15) is 41.8 Å². The molecule has 96 valence electrons. The Kier molecular flexibility index (Phi) is 4.44. The summed E-state index contributed by atoms with van der Waals surface area (Å²) in [6.07, 6.45) is 0. The summed E-state index contributed by atoms with van der Waals surface area (Å²) in [6, 6.07) is 10.9. The molecule has 1 heterocycles. The Morgan fingerprint density at radius 3 is 2.11 bits per heavy atom. The lowest BCUT2D eigenvalue weighted by Crippen LogP contribution is -2.16. The number of hydrogen-bond donors (Lipinski definition) is 1. The Hall–Kier alpha value is -0.830. The van der Waals surface area contributed by atoms with Gasteiger partial charge in [-0.15, -0.1) is 11.3 Å². The van der Waals surface area contributed by atoms with Crippen LogP contribution in [0.2, 0.25) is 5.02 Å². The van der Waals surface area contributed by atoms with Gasteiger partial charge in [0.05, 0.1) is 11.1 Å². The normalized spacial score (nSPS) is 12.9. The maximum Gasteiger partial charge on any atom is 0.0683 e. The largest absolute Gasteiger partial charge is 0.309 e. The zero-order chi connectivity index (χ0) is 13.1. The van der Waals surface area contributed by atoms with E-state index < -0.39 is 0 Å². The van der Waals surface area contributed by atoms with Crippen LogP contribution in [-0.4, -0.2) is 7.05 Å². The van der Waals surface area contributed by atoms with Crippen molar-refractivity contribution in [2.24, 2.45) is 0 Å². The average molecular weight is 280 g/mol. The van der Waals surface area contributed by atoms with E-state index in [-0.39, 0.29) is 6.04 Å². The molecule has 1 N–H and O–H groups in total. The van der Waals surface area contributed by atoms with Crippen LogP contribution in [0.5, 0.6) is 0 Å². The fraction of sp³-hybridized carbons (Fsp3) is 0.333. The van der Waals surface area contributed by atoms with E-state index in [9.17, 15) is 0 Å². The molecule has 1 aromatic heterocycles. The van der Waals surface area contributed by atoms with Crippen molar-refractivity contribution in [3.8, 4) is 0 Å². The predicted molar refractivity (Wildman–Crippen MR) is 80.8 cm³/mol. The first-order chi connectivity index (χ1) is 8.63. The van der Waals surface area contributed by atoms with Gasteiger partial charge in [0, 0.05) is 4.88 Å². The molecule has 0 saturated carbocycles. The monoisotopic (exact) mass is 279 g/mol. The highest BCUT2D eigenvalue weighted by atomic mass is 35.5. The predicted octanol–water partition coefficient (Wildman–Crippen LogP) is 4.83. The molecule has 0 amide bonds. The van der Waals surface area contributed by atoms with Crippen molar-refractivity contribution in [2.75, 3.05) is 7.05 Å². The van der Waals surface area contributed by atoms with E-state index in [1.54, 1.807) is 11.3 Å². The van der Waals surface area contributed by atoms with Gasteiger partial charge in [-0.25, -0.2) is 0 Å². The van der Waals surface area contributed by atoms with Crippen molar-refractivity contribution >= 4 is 22.9 Å². The number of thiophene rings is 1. The van der Waals surface area contributed by atoms with E-state index in [0.717, 1.165) is 5.02 Å². The minimum Gasteiger partial charge on any atom is -0.309 e. The van der Waals surface area contributed by atoms with Gasteiger partial charge < -0.3 is 5.32 Å². The van der Waals surface area contributed by atoms with Crippen molar-refractivity contribution in [1.82, 2.24) is 5.32 Å². The highest BCUT2D eigenvalue weighted by Crippen LogP contribution is 2.33. The fourth-order valence-corrected chi connectivity index (χ4v) is 3.34. The minimum absolute atomic E-state index is 0.179. The van der Waals surface area contributed by atoms with Gasteiger partial charge in [-0.1, -0.05) is 49.7 Å². The summed E-state index contributed by atoms with van der Waals surface area (Å²) < 4.78 is 0. The van der Waals surface area contributed by atoms with Crippen molar-refractivity contribution < 1.29 is 0 Å². The molecule has 0 aliphatic rings. The molecule has 0 aliphatic carbocycles. The molecule has 0 fully saturated rings. The summed E-state index contributed by atoms with van der Waals surface area (Å²) in [7, 11) is 1.97. The summed E-state index contributed by atoms with van der Waals surface area (Å²) in [5.41, 5.74) is 2.62. The summed E-state index contributed by atoms with van der Waals surface area (Å²) >= 11 is 7.91. The van der Waals surface area contributed by atoms with Crippen molar-refractivity contribution in [3.63, 3.8) is 0 Å². The van der Waals surface area contributed by atoms with Crippen LogP contribution in [0.25, 0.3) is 0 Å². The molecule has 1 nitrogen and oxygen atoms in total. The van der Waals surface area contributed by atoms with Gasteiger partial charge >= 0.3 is 0 Å². The van der Waals surface area contributed by atoms with Crippen LogP contribution in [0.4, 0.5) is 0 Å². The third kappa shape index (κ3) is 2.77. The van der Waals surface area contributed by atoms with E-state index in [4.69, 9.17) is 11.6 Å². The van der Waals surface area contributed by atoms with Crippen LogP contribution in [-0.2, 0) is 0 Å². The van der Waals surface area contributed by atoms with E-state index in [1.165, 1.54) is 16.0 Å². The minimum atomic E-state index is 0.179. The Balaban J connectivity index is 2.31. The van der Waals surface area contributed by atoms with E-state index in [0.29, 0.717) is 5.92 Å². The average Bonchev–Trinajstić information content (AvgIpc) is 2.78. The SMILES string of the molecule is CNC(c1ccc(C(C)C)cc1)c1sccc1Cl. The van der Waals surface area contributed by atoms with E-state index in [1.807, 2.05) is 18.5 Å². The fourth-order valence-electron chi connectivity index (χ4n) is 2.03. The number of halogens is 1. The zero-order valence-electron chi connectivity index (χ0n) is 10.9. The number of rotatable bonds is 4. The first kappa shape index (κ1) is 13.6. The molecule has 0 bridgehead atoms. The summed E-state index contributed by atoms with van der Waals surface area (Å²) in [5, 5.41) is 6.21. The molecule has 0 saturated heterocycles. The molecule has 0 aliphatic heterocycles. The van der Waals surface area contributed by atoms with Gasteiger partial charge in [-0.3, -0.25) is 0 Å². The quantitative estimate of drug-likeness (QED) is 0.845. The second-order valence-electron chi connectivity index (χ2n) is 4.68. The molecular weight excluding hydrogens is 262 g/mol. The zero-order valence-corrected chi connectivity index (χ0v) is 12.5. The van der Waals surface area contributed by atoms with Crippen LogP contribution >= 0.6 is 22.9 Å². The first-order valence-corrected chi connectivity index (χ1v) is 7.39. The smallest absolute Gasteiger partial charge is 0.0683 e. The molecule has 2 rings (SSSR count). The topological polar surface area (TPSA) is 12.0 Å². The van der Waals surface area contributed by atoms with E-state index in [2.05, 4.69) is 43.4 Å². The van der Waals surface area contributed by atoms with Crippen molar-refractivity contribution in [3.05, 3.63) is 56.7 Å². The lowest BCUT2D eigenvalue weighted by atomic mass is 9.98. The summed E-state index contributed by atoms with van der Waals surface area (Å²) in [4.78, 5) is 1.18. The van der Waals surface area contributed by atoms with Crippen molar-refractivity contribution in [2.45, 2.75) is 25.8 Å². The Labute approximate surface area is 118 Å². The van der Waals surface area contributed by atoms with E-state index >= 15 is 0 Å². The third-order valence-electron chi connectivity index (χ3n) is 3.13. The van der Waals surface area contributed by atoms with Crippen LogP contribution in [0.15, 0.2) is 35.7 Å². The second-order valence-corrected chi connectivity index (χ2v) is 6.03. The highest BCUT2D eigenvalue weighted by Gasteiger charge is 2.16. The maximum absolute atomic E-state index is 6.22. The molecule has 1 unspecified atom stereocenters. The Morgan fingerprint density at radius 1 is 1.06 bits per heavy atom. The lowest BCUT2D eigenvalue weighted by Gasteiger charge is -2.17. The van der Waals surface area contributed by atoms with Gasteiger partial charge in [0.25, 0.3) is 0 Å². The van der Waals surface area contributed by atoms with Gasteiger partial charge in [0.2, 0.25) is 0 Å². The molecule has 18 heavy (non-hydrogen) atoms. The summed E-state index contributed by atoms with van der Waals surface area (Å²) in [6.45, 7) is 4.42. The third-order valence-corrected chi connectivity index (χ3v) is 4.56. The van der Waals surface area contributed by atoms with Gasteiger partial charge in [-0.2, -0.15) is 0 Å². The van der Waals surface area contributed by atoms with Gasteiger partial charge in [0.1, 0.15) is 0 Å². The number of benzene rings is 1. The highest BCUT2D eigenvalue weighted by molar-refractivity contribution is 7.10. The standard InChI is InChI=1S/C15H18ClNS/c1-10(2)11-4-6-12(7-5-11)14(17-3)15-13(16)8-9-18-15/h4-10,14,17H,1-3H3. The van der Waals surface area contributed by atoms with Crippen molar-refractivity contribution in [1.29, 1.82) is 0 Å². The van der Waals surface area contributed by atoms with Gasteiger partial charge in [0.15, 0.2) is 0 Å².